The molecule has 0 spiro atoms. The summed E-state index contributed by atoms with van der Waals surface area (Å²) in [6, 6.07) is 7.13. The van der Waals surface area contributed by atoms with Crippen LogP contribution in [0.4, 0.5) is 5.69 Å². The van der Waals surface area contributed by atoms with Gasteiger partial charge in [0.1, 0.15) is 4.99 Å². The summed E-state index contributed by atoms with van der Waals surface area (Å²) in [6.45, 7) is 10.0. The summed E-state index contributed by atoms with van der Waals surface area (Å²) < 4.78 is 0. The van der Waals surface area contributed by atoms with E-state index in [2.05, 4.69) is 31.0 Å². The second-order valence-corrected chi connectivity index (χ2v) is 6.03. The predicted octanol–water partition coefficient (Wildman–Crippen LogP) is 2.63. The van der Waals surface area contributed by atoms with Gasteiger partial charge in [-0.3, -0.25) is 9.69 Å². The number of benzene rings is 1. The highest BCUT2D eigenvalue weighted by Crippen LogP contribution is 2.13. The van der Waals surface area contributed by atoms with Crippen LogP contribution in [0.2, 0.25) is 0 Å². The van der Waals surface area contributed by atoms with Crippen molar-refractivity contribution < 1.29 is 4.79 Å². The van der Waals surface area contributed by atoms with E-state index in [1.807, 2.05) is 25.1 Å². The molecule has 1 unspecified atom stereocenters. The quantitative estimate of drug-likeness (QED) is 0.760. The van der Waals surface area contributed by atoms with Crippen LogP contribution in [0.15, 0.2) is 24.3 Å². The minimum absolute atomic E-state index is 0.0161. The van der Waals surface area contributed by atoms with Crippen molar-refractivity contribution in [2.45, 2.75) is 33.7 Å². The lowest BCUT2D eigenvalue weighted by atomic mass is 10.1. The number of hydrogen-bond acceptors (Lipinski definition) is 3. The Kier molecular flexibility index (Phi) is 6.78. The van der Waals surface area contributed by atoms with Crippen LogP contribution in [-0.4, -0.2) is 34.9 Å². The van der Waals surface area contributed by atoms with Gasteiger partial charge in [-0.2, -0.15) is 0 Å². The standard InChI is InChI=1S/C16H25N3OS/c1-5-19(10-11(2)3)12(4)16(20)18-14-8-6-7-13(9-14)15(17)21/h6-9,11-12H,5,10H2,1-4H3,(H2,17,21)(H,18,20). The molecule has 0 fully saturated rings. The maximum Gasteiger partial charge on any atom is 0.241 e. The van der Waals surface area contributed by atoms with Gasteiger partial charge in [-0.15, -0.1) is 0 Å². The van der Waals surface area contributed by atoms with E-state index in [4.69, 9.17) is 18.0 Å². The molecular formula is C16H25N3OS. The molecule has 0 saturated heterocycles. The molecule has 0 aliphatic heterocycles. The molecule has 1 amide bonds. The van der Waals surface area contributed by atoms with Crippen LogP contribution in [0.3, 0.4) is 0 Å². The second-order valence-electron chi connectivity index (χ2n) is 5.59. The summed E-state index contributed by atoms with van der Waals surface area (Å²) in [5.74, 6) is 0.510. The van der Waals surface area contributed by atoms with Crippen LogP contribution in [-0.2, 0) is 4.79 Å². The summed E-state index contributed by atoms with van der Waals surface area (Å²) in [6.07, 6.45) is 0. The Morgan fingerprint density at radius 3 is 2.57 bits per heavy atom. The molecule has 1 aromatic rings. The van der Waals surface area contributed by atoms with E-state index in [9.17, 15) is 4.79 Å². The summed E-state index contributed by atoms with van der Waals surface area (Å²) in [7, 11) is 0. The van der Waals surface area contributed by atoms with Crippen LogP contribution >= 0.6 is 12.2 Å². The maximum atomic E-state index is 12.4. The second kappa shape index (κ2) is 8.10. The van der Waals surface area contributed by atoms with Gasteiger partial charge in [-0.25, -0.2) is 0 Å². The SMILES string of the molecule is CCN(CC(C)C)C(C)C(=O)Nc1cccc(C(N)=S)c1. The third-order valence-electron chi connectivity index (χ3n) is 3.35. The molecule has 3 N–H and O–H groups in total. The van der Waals surface area contributed by atoms with E-state index in [1.54, 1.807) is 6.07 Å². The Balaban J connectivity index is 2.75. The molecule has 1 aromatic carbocycles. The number of nitrogens with zero attached hydrogens (tertiary/aromatic N) is 1. The molecule has 1 rings (SSSR count). The van der Waals surface area contributed by atoms with Crippen molar-refractivity contribution in [3.63, 3.8) is 0 Å². The Morgan fingerprint density at radius 1 is 1.38 bits per heavy atom. The number of hydrogen-bond donors (Lipinski definition) is 2. The number of nitrogens with one attached hydrogen (secondary N) is 1. The fourth-order valence-corrected chi connectivity index (χ4v) is 2.32. The lowest BCUT2D eigenvalue weighted by Crippen LogP contribution is -2.43. The van der Waals surface area contributed by atoms with Gasteiger partial charge in [0.25, 0.3) is 0 Å². The number of nitrogens with two attached hydrogens (primary N) is 1. The van der Waals surface area contributed by atoms with Crippen LogP contribution in [0.5, 0.6) is 0 Å². The minimum Gasteiger partial charge on any atom is -0.389 e. The smallest absolute Gasteiger partial charge is 0.241 e. The summed E-state index contributed by atoms with van der Waals surface area (Å²) in [4.78, 5) is 14.9. The molecule has 21 heavy (non-hydrogen) atoms. The van der Waals surface area contributed by atoms with Crippen molar-refractivity contribution in [2.75, 3.05) is 18.4 Å². The van der Waals surface area contributed by atoms with Crippen LogP contribution in [0, 0.1) is 5.92 Å². The summed E-state index contributed by atoms with van der Waals surface area (Å²) >= 11 is 4.95. The molecule has 116 valence electrons. The third-order valence-corrected chi connectivity index (χ3v) is 3.58. The zero-order chi connectivity index (χ0) is 16.0. The van der Waals surface area contributed by atoms with E-state index in [0.717, 1.165) is 24.3 Å². The van der Waals surface area contributed by atoms with E-state index in [1.165, 1.54) is 0 Å². The van der Waals surface area contributed by atoms with Gasteiger partial charge in [0.2, 0.25) is 5.91 Å². The highest BCUT2D eigenvalue weighted by Gasteiger charge is 2.20. The zero-order valence-electron chi connectivity index (χ0n) is 13.2. The first kappa shape index (κ1) is 17.6. The Morgan fingerprint density at radius 2 is 2.05 bits per heavy atom. The van der Waals surface area contributed by atoms with Gasteiger partial charge < -0.3 is 11.1 Å². The zero-order valence-corrected chi connectivity index (χ0v) is 14.0. The third kappa shape index (κ3) is 5.44. The van der Waals surface area contributed by atoms with Crippen LogP contribution < -0.4 is 11.1 Å². The van der Waals surface area contributed by atoms with Gasteiger partial charge in [0.15, 0.2) is 0 Å². The molecule has 0 aliphatic rings. The number of thiocarbonyl (C=S) groups is 1. The Bertz CT molecular complexity index is 502. The van der Waals surface area contributed by atoms with Gasteiger partial charge >= 0.3 is 0 Å². The van der Waals surface area contributed by atoms with Crippen molar-refractivity contribution in [3.05, 3.63) is 29.8 Å². The number of anilines is 1. The minimum atomic E-state index is -0.175. The maximum absolute atomic E-state index is 12.4. The average Bonchev–Trinajstić information content (AvgIpc) is 2.43. The number of likely N-dealkylation sites (N-methyl/N-ethyl adjacent to an activating group) is 1. The summed E-state index contributed by atoms with van der Waals surface area (Å²) in [5.41, 5.74) is 7.08. The largest absolute Gasteiger partial charge is 0.389 e. The lowest BCUT2D eigenvalue weighted by Gasteiger charge is -2.28. The van der Waals surface area contributed by atoms with Crippen LogP contribution in [0.25, 0.3) is 0 Å². The molecule has 0 heterocycles. The fourth-order valence-electron chi connectivity index (χ4n) is 2.19. The number of rotatable bonds is 7. The molecule has 0 saturated carbocycles. The van der Waals surface area contributed by atoms with Gasteiger partial charge in [0.05, 0.1) is 6.04 Å². The number of amides is 1. The molecule has 0 aromatic heterocycles. The first-order valence-corrected chi connectivity index (χ1v) is 7.70. The monoisotopic (exact) mass is 307 g/mol. The summed E-state index contributed by atoms with van der Waals surface area (Å²) in [5, 5.41) is 2.93. The highest BCUT2D eigenvalue weighted by atomic mass is 32.1. The molecular weight excluding hydrogens is 282 g/mol. The van der Waals surface area contributed by atoms with Gasteiger partial charge in [0, 0.05) is 17.8 Å². The molecule has 1 atom stereocenters. The normalized spacial score (nSPS) is 12.5. The molecule has 0 aliphatic carbocycles. The van der Waals surface area contributed by atoms with Crippen molar-refractivity contribution in [3.8, 4) is 0 Å². The molecule has 4 nitrogen and oxygen atoms in total. The lowest BCUT2D eigenvalue weighted by molar-refractivity contribution is -0.120. The predicted molar refractivity (Wildman–Crippen MR) is 92.5 cm³/mol. The topological polar surface area (TPSA) is 58.4 Å². The molecule has 5 heteroatoms. The Hall–Kier alpha value is -1.46. The van der Waals surface area contributed by atoms with Gasteiger partial charge in [-0.1, -0.05) is 45.1 Å². The molecule has 0 radical (unpaired) electrons. The first-order valence-electron chi connectivity index (χ1n) is 7.30. The van der Waals surface area contributed by atoms with Gasteiger partial charge in [-0.05, 0) is 31.5 Å². The van der Waals surface area contributed by atoms with Crippen molar-refractivity contribution in [2.24, 2.45) is 11.7 Å². The highest BCUT2D eigenvalue weighted by molar-refractivity contribution is 7.80. The molecule has 0 bridgehead atoms. The van der Waals surface area contributed by atoms with Crippen LogP contribution in [0.1, 0.15) is 33.3 Å². The van der Waals surface area contributed by atoms with E-state index in [-0.39, 0.29) is 11.9 Å². The van der Waals surface area contributed by atoms with Crippen molar-refractivity contribution in [1.29, 1.82) is 0 Å². The average molecular weight is 307 g/mol. The van der Waals surface area contributed by atoms with Crippen molar-refractivity contribution >= 4 is 28.8 Å². The Labute approximate surface area is 132 Å². The first-order chi connectivity index (χ1) is 9.85. The number of carbonyl (C=O) groups is 1. The number of carbonyl (C=O) groups excluding carboxylic acids is 1. The van der Waals surface area contributed by atoms with Crippen molar-refractivity contribution in [1.82, 2.24) is 4.90 Å². The van der Waals surface area contributed by atoms with E-state index >= 15 is 0 Å². The fraction of sp³-hybridized carbons (Fsp3) is 0.500. The van der Waals surface area contributed by atoms with E-state index in [0.29, 0.717) is 10.9 Å². The van der Waals surface area contributed by atoms with E-state index < -0.39 is 0 Å².